The van der Waals surface area contributed by atoms with Crippen LogP contribution in [0.5, 0.6) is 23.0 Å². The van der Waals surface area contributed by atoms with Crippen molar-refractivity contribution in [1.29, 1.82) is 0 Å². The molecule has 166 valence electrons. The van der Waals surface area contributed by atoms with E-state index in [0.717, 1.165) is 16.0 Å². The Kier molecular flexibility index (Phi) is 7.54. The third-order valence-electron chi connectivity index (χ3n) is 4.59. The number of hydrogen-bond donors (Lipinski definition) is 0. The summed E-state index contributed by atoms with van der Waals surface area (Å²) in [6.07, 6.45) is 0. The Morgan fingerprint density at radius 3 is 2.32 bits per heavy atom. The maximum absolute atomic E-state index is 13.0. The van der Waals surface area contributed by atoms with Crippen molar-refractivity contribution in [2.45, 2.75) is 13.5 Å². The minimum atomic E-state index is -0.415. The molecule has 0 aliphatic heterocycles. The average Bonchev–Trinajstić information content (AvgIpc) is 3.12. The van der Waals surface area contributed by atoms with Crippen LogP contribution in [0.15, 0.2) is 35.3 Å². The van der Waals surface area contributed by atoms with Crippen LogP contribution in [0.25, 0.3) is 10.2 Å². The van der Waals surface area contributed by atoms with E-state index in [1.807, 2.05) is 29.7 Å². The molecule has 0 aliphatic rings. The summed E-state index contributed by atoms with van der Waals surface area (Å²) in [7, 11) is 6.16. The Balaban J connectivity index is 2.11. The molecule has 3 rings (SSSR count). The predicted octanol–water partition coefficient (Wildman–Crippen LogP) is 3.51. The molecule has 0 N–H and O–H groups in total. The number of benzene rings is 2. The molecule has 1 heterocycles. The van der Waals surface area contributed by atoms with Gasteiger partial charge in [-0.3, -0.25) is 4.79 Å². The molecule has 9 heteroatoms. The van der Waals surface area contributed by atoms with Crippen molar-refractivity contribution in [2.24, 2.45) is 4.99 Å². The molecule has 1 aromatic heterocycles. The lowest BCUT2D eigenvalue weighted by atomic mass is 10.1. The molecule has 2 aromatic carbocycles. The first-order chi connectivity index (χ1) is 15.1. The van der Waals surface area contributed by atoms with E-state index in [2.05, 4.69) is 4.99 Å². The number of methoxy groups -OCH3 is 4. The number of fused-ring (bicyclic) bond motifs is 1. The number of aromatic nitrogens is 1. The number of carbonyl (C=O) groups is 1. The predicted molar refractivity (Wildman–Crippen MR) is 119 cm³/mol. The second-order valence-corrected chi connectivity index (χ2v) is 7.43. The first kappa shape index (κ1) is 22.6. The Morgan fingerprint density at radius 2 is 1.74 bits per heavy atom. The zero-order valence-corrected chi connectivity index (χ0v) is 19.1. The average molecular weight is 447 g/mol. The van der Waals surface area contributed by atoms with Crippen LogP contribution in [-0.4, -0.2) is 52.1 Å². The fraction of sp³-hybridized carbons (Fsp3) is 0.364. The molecule has 0 atom stereocenters. The Bertz CT molecular complexity index is 1110. The Hall–Kier alpha value is -3.04. The molecule has 0 aliphatic carbocycles. The summed E-state index contributed by atoms with van der Waals surface area (Å²) < 4.78 is 29.8. The van der Waals surface area contributed by atoms with E-state index in [1.165, 1.54) is 32.7 Å². The lowest BCUT2D eigenvalue weighted by Gasteiger charge is -2.12. The normalized spacial score (nSPS) is 11.6. The number of rotatable bonds is 9. The number of nitrogens with zero attached hydrogens (tertiary/aromatic N) is 2. The zero-order chi connectivity index (χ0) is 22.4. The van der Waals surface area contributed by atoms with Crippen LogP contribution < -0.4 is 23.7 Å². The van der Waals surface area contributed by atoms with Gasteiger partial charge in [-0.25, -0.2) is 0 Å². The van der Waals surface area contributed by atoms with Gasteiger partial charge >= 0.3 is 0 Å². The molecule has 0 saturated carbocycles. The van der Waals surface area contributed by atoms with Crippen LogP contribution in [-0.2, 0) is 11.3 Å². The van der Waals surface area contributed by atoms with Crippen LogP contribution in [0.3, 0.4) is 0 Å². The SMILES string of the molecule is CCOc1ccc2c(c1)sc(=NC(=O)c1cc(OC)c(OC)c(OC)c1)n2CCOC. The summed E-state index contributed by atoms with van der Waals surface area (Å²) in [5.74, 6) is 1.57. The Labute approximate surface area is 184 Å². The van der Waals surface area contributed by atoms with Gasteiger partial charge < -0.3 is 28.3 Å². The number of ether oxygens (including phenoxy) is 5. The van der Waals surface area contributed by atoms with Gasteiger partial charge in [0.25, 0.3) is 5.91 Å². The number of amides is 1. The van der Waals surface area contributed by atoms with Gasteiger partial charge in [-0.1, -0.05) is 11.3 Å². The summed E-state index contributed by atoms with van der Waals surface area (Å²) in [5.41, 5.74) is 1.29. The van der Waals surface area contributed by atoms with E-state index >= 15 is 0 Å². The topological polar surface area (TPSA) is 80.5 Å². The van der Waals surface area contributed by atoms with Gasteiger partial charge in [-0.2, -0.15) is 4.99 Å². The summed E-state index contributed by atoms with van der Waals surface area (Å²) in [4.78, 5) is 18.0. The molecule has 31 heavy (non-hydrogen) atoms. The van der Waals surface area contributed by atoms with Crippen LogP contribution in [0.2, 0.25) is 0 Å². The molecule has 0 saturated heterocycles. The monoisotopic (exact) mass is 446 g/mol. The van der Waals surface area contributed by atoms with Gasteiger partial charge in [0.1, 0.15) is 5.75 Å². The Morgan fingerprint density at radius 1 is 1.03 bits per heavy atom. The summed E-state index contributed by atoms with van der Waals surface area (Å²) in [6.45, 7) is 3.57. The van der Waals surface area contributed by atoms with Crippen LogP contribution in [0, 0.1) is 0 Å². The highest BCUT2D eigenvalue weighted by Gasteiger charge is 2.17. The van der Waals surface area contributed by atoms with E-state index in [-0.39, 0.29) is 0 Å². The molecule has 3 aromatic rings. The third kappa shape index (κ3) is 4.83. The van der Waals surface area contributed by atoms with E-state index in [1.54, 1.807) is 19.2 Å². The first-order valence-electron chi connectivity index (χ1n) is 9.70. The fourth-order valence-electron chi connectivity index (χ4n) is 3.15. The van der Waals surface area contributed by atoms with Crippen molar-refractivity contribution in [2.75, 3.05) is 41.7 Å². The highest BCUT2D eigenvalue weighted by molar-refractivity contribution is 7.16. The lowest BCUT2D eigenvalue weighted by molar-refractivity contribution is 0.0996. The van der Waals surface area contributed by atoms with E-state index in [9.17, 15) is 4.79 Å². The molecule has 0 bridgehead atoms. The second-order valence-electron chi connectivity index (χ2n) is 6.42. The van der Waals surface area contributed by atoms with Crippen LogP contribution >= 0.6 is 11.3 Å². The third-order valence-corrected chi connectivity index (χ3v) is 5.63. The van der Waals surface area contributed by atoms with Crippen molar-refractivity contribution in [1.82, 2.24) is 4.57 Å². The van der Waals surface area contributed by atoms with Gasteiger partial charge in [0.05, 0.1) is 44.8 Å². The molecule has 0 fully saturated rings. The van der Waals surface area contributed by atoms with E-state index in [0.29, 0.717) is 47.4 Å². The second kappa shape index (κ2) is 10.3. The number of thiazole rings is 1. The van der Waals surface area contributed by atoms with Crippen LogP contribution in [0.1, 0.15) is 17.3 Å². The lowest BCUT2D eigenvalue weighted by Crippen LogP contribution is -2.19. The number of hydrogen-bond acceptors (Lipinski definition) is 7. The molecule has 0 radical (unpaired) electrons. The minimum Gasteiger partial charge on any atom is -0.494 e. The minimum absolute atomic E-state index is 0.334. The smallest absolute Gasteiger partial charge is 0.279 e. The van der Waals surface area contributed by atoms with Crippen molar-refractivity contribution >= 4 is 27.5 Å². The molecular weight excluding hydrogens is 420 g/mol. The van der Waals surface area contributed by atoms with Gasteiger partial charge in [-0.15, -0.1) is 0 Å². The summed E-state index contributed by atoms with van der Waals surface area (Å²) >= 11 is 1.42. The van der Waals surface area contributed by atoms with Crippen molar-refractivity contribution in [3.05, 3.63) is 40.7 Å². The zero-order valence-electron chi connectivity index (χ0n) is 18.3. The van der Waals surface area contributed by atoms with Gasteiger partial charge in [0, 0.05) is 19.2 Å². The highest BCUT2D eigenvalue weighted by Crippen LogP contribution is 2.38. The number of carbonyl (C=O) groups excluding carboxylic acids is 1. The highest BCUT2D eigenvalue weighted by atomic mass is 32.1. The molecule has 0 spiro atoms. The maximum atomic E-state index is 13.0. The van der Waals surface area contributed by atoms with Crippen molar-refractivity contribution in [3.63, 3.8) is 0 Å². The molecule has 8 nitrogen and oxygen atoms in total. The largest absolute Gasteiger partial charge is 0.494 e. The standard InChI is InChI=1S/C22H26N2O6S/c1-6-30-15-7-8-16-19(13-15)31-22(24(16)9-10-26-2)23-21(25)14-11-17(27-3)20(29-5)18(12-14)28-4/h7-8,11-13H,6,9-10H2,1-5H3. The first-order valence-corrected chi connectivity index (χ1v) is 10.5. The summed E-state index contributed by atoms with van der Waals surface area (Å²) in [5, 5.41) is 0. The van der Waals surface area contributed by atoms with Gasteiger partial charge in [-0.05, 0) is 37.3 Å². The van der Waals surface area contributed by atoms with Crippen LogP contribution in [0.4, 0.5) is 0 Å². The fourth-order valence-corrected chi connectivity index (χ4v) is 4.23. The van der Waals surface area contributed by atoms with Crippen molar-refractivity contribution in [3.8, 4) is 23.0 Å². The molecular formula is C22H26N2O6S. The van der Waals surface area contributed by atoms with Crippen molar-refractivity contribution < 1.29 is 28.5 Å². The summed E-state index contributed by atoms with van der Waals surface area (Å²) in [6, 6.07) is 9.01. The molecule has 1 amide bonds. The van der Waals surface area contributed by atoms with E-state index < -0.39 is 5.91 Å². The van der Waals surface area contributed by atoms with Gasteiger partial charge in [0.2, 0.25) is 5.75 Å². The quantitative estimate of drug-likeness (QED) is 0.500. The van der Waals surface area contributed by atoms with E-state index in [4.69, 9.17) is 23.7 Å². The molecule has 0 unspecified atom stereocenters. The maximum Gasteiger partial charge on any atom is 0.279 e. The van der Waals surface area contributed by atoms with Gasteiger partial charge in [0.15, 0.2) is 16.3 Å².